The topological polar surface area (TPSA) is 90.7 Å². The van der Waals surface area contributed by atoms with Crippen molar-refractivity contribution >= 4 is 23.4 Å². The van der Waals surface area contributed by atoms with Gasteiger partial charge in [-0.25, -0.2) is 4.68 Å². The Morgan fingerprint density at radius 1 is 0.978 bits per heavy atom. The molecule has 2 N–H and O–H groups in total. The normalized spacial score (nSPS) is 13.7. The van der Waals surface area contributed by atoms with Crippen LogP contribution in [0, 0.1) is 6.92 Å². The molecule has 3 aromatic carbocycles. The van der Waals surface area contributed by atoms with Crippen LogP contribution in [0.4, 0.5) is 0 Å². The van der Waals surface area contributed by atoms with Crippen LogP contribution in [0.2, 0.25) is 5.02 Å². The zero-order valence-corrected chi connectivity index (χ0v) is 28.0. The van der Waals surface area contributed by atoms with Crippen molar-refractivity contribution in [2.75, 3.05) is 26.7 Å². The number of unbranched alkanes of at least 4 members (excludes halogenated alkanes) is 2. The van der Waals surface area contributed by atoms with Gasteiger partial charge in [-0.15, -0.1) is 0 Å². The molecule has 242 valence electrons. The summed E-state index contributed by atoms with van der Waals surface area (Å²) in [6.07, 6.45) is 3.82. The number of hydrogen-bond donors (Lipinski definition) is 2. The number of carbonyl (C=O) groups excluding carboxylic acids is 2. The number of halogens is 1. The van der Waals surface area contributed by atoms with Crippen molar-refractivity contribution in [2.24, 2.45) is 0 Å². The fourth-order valence-electron chi connectivity index (χ4n) is 6.07. The second-order valence-electron chi connectivity index (χ2n) is 12.0. The molecule has 1 atom stereocenters. The molecule has 0 spiro atoms. The summed E-state index contributed by atoms with van der Waals surface area (Å²) in [7, 11) is 1.57. The second kappa shape index (κ2) is 15.1. The molecule has 0 aliphatic carbocycles. The molecule has 46 heavy (non-hydrogen) atoms. The van der Waals surface area contributed by atoms with Crippen molar-refractivity contribution in [2.45, 2.75) is 65.6 Å². The summed E-state index contributed by atoms with van der Waals surface area (Å²) in [6.45, 7) is 8.91. The van der Waals surface area contributed by atoms with E-state index in [0.717, 1.165) is 48.9 Å². The first-order valence-corrected chi connectivity index (χ1v) is 16.6. The van der Waals surface area contributed by atoms with Gasteiger partial charge in [-0.1, -0.05) is 74.7 Å². The number of amides is 2. The highest BCUT2D eigenvalue weighted by Gasteiger charge is 2.27. The van der Waals surface area contributed by atoms with Gasteiger partial charge in [-0.2, -0.15) is 5.10 Å². The summed E-state index contributed by atoms with van der Waals surface area (Å²) in [6, 6.07) is 21.4. The Labute approximate surface area is 277 Å². The van der Waals surface area contributed by atoms with Crippen molar-refractivity contribution in [1.82, 2.24) is 24.9 Å². The van der Waals surface area contributed by atoms with Gasteiger partial charge in [-0.3, -0.25) is 14.5 Å². The zero-order chi connectivity index (χ0) is 32.8. The van der Waals surface area contributed by atoms with E-state index >= 15 is 0 Å². The van der Waals surface area contributed by atoms with E-state index in [2.05, 4.69) is 42.3 Å². The van der Waals surface area contributed by atoms with Gasteiger partial charge < -0.3 is 15.3 Å². The lowest BCUT2D eigenvalue weighted by Gasteiger charge is -2.33. The number of aliphatic hydroxyl groups excluding tert-OH is 1. The lowest BCUT2D eigenvalue weighted by molar-refractivity contribution is -0.00782. The first kappa shape index (κ1) is 33.4. The zero-order valence-electron chi connectivity index (χ0n) is 27.2. The van der Waals surface area contributed by atoms with Crippen molar-refractivity contribution in [1.29, 1.82) is 0 Å². The molecule has 9 heteroatoms. The van der Waals surface area contributed by atoms with Crippen molar-refractivity contribution in [3.8, 4) is 16.8 Å². The SMILES string of the molecule is CCCCN(CCCC)C(=O)c1cc(C)n(-c2ccc(-c3ccc(C(=O)NC)c(Cl)c3)cc2C(O)N2CCc3ccccc3C2)n1. The number of benzene rings is 3. The minimum atomic E-state index is -0.933. The largest absolute Gasteiger partial charge is 0.374 e. The van der Waals surface area contributed by atoms with E-state index in [1.807, 2.05) is 48.2 Å². The number of rotatable bonds is 12. The molecule has 8 nitrogen and oxygen atoms in total. The Morgan fingerprint density at radius 2 is 1.65 bits per heavy atom. The van der Waals surface area contributed by atoms with Gasteiger partial charge in [0.2, 0.25) is 0 Å². The molecule has 0 bridgehead atoms. The van der Waals surface area contributed by atoms with Crippen LogP contribution >= 0.6 is 11.6 Å². The van der Waals surface area contributed by atoms with E-state index in [9.17, 15) is 14.7 Å². The number of carbonyl (C=O) groups is 2. The van der Waals surface area contributed by atoms with Crippen LogP contribution in [0.15, 0.2) is 66.7 Å². The van der Waals surface area contributed by atoms with Gasteiger partial charge in [0.05, 0.1) is 16.3 Å². The van der Waals surface area contributed by atoms with E-state index in [0.29, 0.717) is 53.7 Å². The molecule has 0 fully saturated rings. The fourth-order valence-corrected chi connectivity index (χ4v) is 6.33. The first-order valence-electron chi connectivity index (χ1n) is 16.3. The molecule has 4 aromatic rings. The third kappa shape index (κ3) is 7.20. The molecule has 2 heterocycles. The Hall–Kier alpha value is -3.98. The maximum atomic E-state index is 13.7. The summed E-state index contributed by atoms with van der Waals surface area (Å²) < 4.78 is 1.77. The van der Waals surface area contributed by atoms with Crippen molar-refractivity contribution in [3.63, 3.8) is 0 Å². The Morgan fingerprint density at radius 3 is 2.33 bits per heavy atom. The van der Waals surface area contributed by atoms with Gasteiger partial charge in [0.1, 0.15) is 6.23 Å². The summed E-state index contributed by atoms with van der Waals surface area (Å²) in [4.78, 5) is 29.9. The van der Waals surface area contributed by atoms with Crippen LogP contribution in [0.1, 0.15) is 89.0 Å². The van der Waals surface area contributed by atoms with Crippen LogP contribution in [0.5, 0.6) is 0 Å². The average Bonchev–Trinajstić information content (AvgIpc) is 3.47. The number of aryl methyl sites for hydroxylation is 1. The van der Waals surface area contributed by atoms with Crippen LogP contribution < -0.4 is 5.32 Å². The minimum Gasteiger partial charge on any atom is -0.374 e. The van der Waals surface area contributed by atoms with E-state index in [1.165, 1.54) is 11.1 Å². The Bertz CT molecular complexity index is 1690. The predicted molar refractivity (Wildman–Crippen MR) is 183 cm³/mol. The maximum absolute atomic E-state index is 13.7. The van der Waals surface area contributed by atoms with Gasteiger partial charge in [-0.05, 0) is 78.8 Å². The summed E-state index contributed by atoms with van der Waals surface area (Å²) in [5.74, 6) is -0.322. The van der Waals surface area contributed by atoms with E-state index in [-0.39, 0.29) is 11.8 Å². The number of nitrogens with one attached hydrogen (secondary N) is 1. The molecule has 0 radical (unpaired) electrons. The van der Waals surface area contributed by atoms with E-state index in [1.54, 1.807) is 23.9 Å². The van der Waals surface area contributed by atoms with E-state index in [4.69, 9.17) is 16.7 Å². The molecule has 1 unspecified atom stereocenters. The number of aliphatic hydroxyl groups is 1. The lowest BCUT2D eigenvalue weighted by atomic mass is 9.96. The highest BCUT2D eigenvalue weighted by atomic mass is 35.5. The number of aromatic nitrogens is 2. The summed E-state index contributed by atoms with van der Waals surface area (Å²) in [5.41, 5.74) is 7.13. The van der Waals surface area contributed by atoms with Crippen molar-refractivity contribution < 1.29 is 14.7 Å². The minimum absolute atomic E-state index is 0.0686. The standard InChI is InChI=1S/C37H44ClN5O3/c1-5-7-18-41(19-8-6-2)37(46)33-21-25(3)43(40-33)34-16-14-27(28-13-15-30(32(38)23-28)35(44)39-4)22-31(34)36(45)42-20-17-26-11-9-10-12-29(26)24-42/h9-16,21-23,36,45H,5-8,17-20,24H2,1-4H3,(H,39,44). The summed E-state index contributed by atoms with van der Waals surface area (Å²) in [5, 5.41) is 19.8. The number of hydrogen-bond acceptors (Lipinski definition) is 5. The molecular weight excluding hydrogens is 598 g/mol. The van der Waals surface area contributed by atoms with Gasteiger partial charge in [0.25, 0.3) is 11.8 Å². The maximum Gasteiger partial charge on any atom is 0.274 e. The smallest absolute Gasteiger partial charge is 0.274 e. The quantitative estimate of drug-likeness (QED) is 0.175. The van der Waals surface area contributed by atoms with Gasteiger partial charge in [0, 0.05) is 44.5 Å². The average molecular weight is 642 g/mol. The third-order valence-electron chi connectivity index (χ3n) is 8.77. The number of fused-ring (bicyclic) bond motifs is 1. The fraction of sp³-hybridized carbons (Fsp3) is 0.378. The molecular formula is C37H44ClN5O3. The molecule has 1 aliphatic rings. The Kier molecular flexibility index (Phi) is 10.9. The van der Waals surface area contributed by atoms with Crippen molar-refractivity contribution in [3.05, 3.63) is 105 Å². The lowest BCUT2D eigenvalue weighted by Crippen LogP contribution is -2.34. The van der Waals surface area contributed by atoms with Crippen LogP contribution in [0.25, 0.3) is 16.8 Å². The Balaban J connectivity index is 1.55. The molecule has 2 amide bonds. The molecule has 1 aliphatic heterocycles. The van der Waals surface area contributed by atoms with E-state index < -0.39 is 6.23 Å². The van der Waals surface area contributed by atoms with Crippen LogP contribution in [0.3, 0.4) is 0 Å². The van der Waals surface area contributed by atoms with Gasteiger partial charge >= 0.3 is 0 Å². The monoisotopic (exact) mass is 641 g/mol. The molecule has 0 saturated carbocycles. The third-order valence-corrected chi connectivity index (χ3v) is 9.08. The molecule has 1 aromatic heterocycles. The highest BCUT2D eigenvalue weighted by Crippen LogP contribution is 2.34. The van der Waals surface area contributed by atoms with Crippen LogP contribution in [-0.2, 0) is 13.0 Å². The molecule has 0 saturated heterocycles. The summed E-state index contributed by atoms with van der Waals surface area (Å²) >= 11 is 6.53. The highest BCUT2D eigenvalue weighted by molar-refractivity contribution is 6.34. The van der Waals surface area contributed by atoms with Gasteiger partial charge in [0.15, 0.2) is 5.69 Å². The van der Waals surface area contributed by atoms with Crippen LogP contribution in [-0.4, -0.2) is 63.2 Å². The predicted octanol–water partition coefficient (Wildman–Crippen LogP) is 6.95. The number of nitrogens with zero attached hydrogens (tertiary/aromatic N) is 4. The first-order chi connectivity index (χ1) is 22.2. The molecule has 5 rings (SSSR count). The second-order valence-corrected chi connectivity index (χ2v) is 12.4.